The van der Waals surface area contributed by atoms with Crippen LogP contribution in [0.15, 0.2) is 48.5 Å². The Bertz CT molecular complexity index is 924. The second-order valence-corrected chi connectivity index (χ2v) is 7.30. The molecule has 1 amide bonds. The van der Waals surface area contributed by atoms with Crippen LogP contribution in [0.2, 0.25) is 0 Å². The first kappa shape index (κ1) is 17.7. The van der Waals surface area contributed by atoms with Crippen LogP contribution in [0, 0.1) is 0 Å². The SMILES string of the molecule is Cn1c(CN2CCCCCC2)nc2cc(NC(=O)c3ccccc3)ccc21. The molecule has 0 aliphatic carbocycles. The fraction of sp³-hybridized carbons (Fsp3) is 0.364. The average molecular weight is 362 g/mol. The molecule has 27 heavy (non-hydrogen) atoms. The van der Waals surface area contributed by atoms with Gasteiger partial charge in [-0.1, -0.05) is 31.0 Å². The number of anilines is 1. The van der Waals surface area contributed by atoms with Gasteiger partial charge < -0.3 is 9.88 Å². The van der Waals surface area contributed by atoms with E-state index >= 15 is 0 Å². The molecule has 3 aromatic rings. The second-order valence-electron chi connectivity index (χ2n) is 7.30. The highest BCUT2D eigenvalue weighted by molar-refractivity contribution is 6.04. The Kier molecular flexibility index (Phi) is 5.21. The number of benzene rings is 2. The molecule has 0 saturated carbocycles. The van der Waals surface area contributed by atoms with Crippen molar-refractivity contribution in [2.75, 3.05) is 18.4 Å². The van der Waals surface area contributed by atoms with Crippen molar-refractivity contribution in [3.05, 3.63) is 59.9 Å². The Balaban J connectivity index is 1.53. The van der Waals surface area contributed by atoms with Crippen LogP contribution in [0.3, 0.4) is 0 Å². The number of carbonyl (C=O) groups is 1. The zero-order chi connectivity index (χ0) is 18.6. The smallest absolute Gasteiger partial charge is 0.255 e. The third-order valence-corrected chi connectivity index (χ3v) is 5.33. The van der Waals surface area contributed by atoms with Crippen molar-refractivity contribution in [1.82, 2.24) is 14.5 Å². The predicted molar refractivity (Wildman–Crippen MR) is 109 cm³/mol. The summed E-state index contributed by atoms with van der Waals surface area (Å²) in [5, 5.41) is 2.97. The van der Waals surface area contributed by atoms with Gasteiger partial charge in [-0.2, -0.15) is 0 Å². The van der Waals surface area contributed by atoms with Crippen molar-refractivity contribution in [1.29, 1.82) is 0 Å². The molecule has 1 saturated heterocycles. The van der Waals surface area contributed by atoms with Crippen LogP contribution >= 0.6 is 0 Å². The van der Waals surface area contributed by atoms with Gasteiger partial charge in [-0.25, -0.2) is 4.98 Å². The normalized spacial score (nSPS) is 15.6. The van der Waals surface area contributed by atoms with Crippen LogP contribution in [0.4, 0.5) is 5.69 Å². The van der Waals surface area contributed by atoms with Crippen molar-refractivity contribution < 1.29 is 4.79 Å². The van der Waals surface area contributed by atoms with E-state index < -0.39 is 0 Å². The van der Waals surface area contributed by atoms with Gasteiger partial charge in [-0.15, -0.1) is 0 Å². The summed E-state index contributed by atoms with van der Waals surface area (Å²) in [6.45, 7) is 3.19. The third kappa shape index (κ3) is 4.03. The molecule has 0 unspecified atom stereocenters. The predicted octanol–water partition coefficient (Wildman–Crippen LogP) is 4.20. The van der Waals surface area contributed by atoms with Crippen LogP contribution in [0.25, 0.3) is 11.0 Å². The Morgan fingerprint density at radius 2 is 1.78 bits per heavy atom. The van der Waals surface area contributed by atoms with Gasteiger partial charge in [0, 0.05) is 18.3 Å². The van der Waals surface area contributed by atoms with Crippen molar-refractivity contribution in [2.24, 2.45) is 7.05 Å². The molecule has 0 radical (unpaired) electrons. The van der Waals surface area contributed by atoms with Gasteiger partial charge >= 0.3 is 0 Å². The molecule has 1 N–H and O–H groups in total. The van der Waals surface area contributed by atoms with Gasteiger partial charge in [0.25, 0.3) is 5.91 Å². The van der Waals surface area contributed by atoms with E-state index in [0.29, 0.717) is 5.56 Å². The molecule has 1 aliphatic rings. The lowest BCUT2D eigenvalue weighted by atomic mass is 10.2. The summed E-state index contributed by atoms with van der Waals surface area (Å²) in [6.07, 6.45) is 5.23. The van der Waals surface area contributed by atoms with Crippen molar-refractivity contribution in [3.63, 3.8) is 0 Å². The molecular weight excluding hydrogens is 336 g/mol. The van der Waals surface area contributed by atoms with E-state index in [-0.39, 0.29) is 5.91 Å². The van der Waals surface area contributed by atoms with Crippen molar-refractivity contribution in [3.8, 4) is 0 Å². The summed E-state index contributed by atoms with van der Waals surface area (Å²) in [6, 6.07) is 15.2. The van der Waals surface area contributed by atoms with Crippen molar-refractivity contribution >= 4 is 22.6 Å². The molecule has 0 spiro atoms. The maximum Gasteiger partial charge on any atom is 0.255 e. The molecule has 0 atom stereocenters. The zero-order valence-corrected chi connectivity index (χ0v) is 15.8. The highest BCUT2D eigenvalue weighted by Crippen LogP contribution is 2.22. The Hall–Kier alpha value is -2.66. The number of aryl methyl sites for hydroxylation is 1. The standard InChI is InChI=1S/C22H26N4O/c1-25-20-12-11-18(23-22(27)17-9-5-4-6-10-17)15-19(20)24-21(25)16-26-13-7-2-3-8-14-26/h4-6,9-12,15H,2-3,7-8,13-14,16H2,1H3,(H,23,27). The van der Waals surface area contributed by atoms with Crippen LogP contribution in [0.5, 0.6) is 0 Å². The molecule has 4 rings (SSSR count). The van der Waals surface area contributed by atoms with E-state index in [4.69, 9.17) is 4.98 Å². The van der Waals surface area contributed by atoms with Crippen LogP contribution in [-0.4, -0.2) is 33.4 Å². The minimum absolute atomic E-state index is 0.101. The number of amides is 1. The summed E-state index contributed by atoms with van der Waals surface area (Å²) in [5.41, 5.74) is 3.45. The van der Waals surface area contributed by atoms with Gasteiger partial charge in [0.2, 0.25) is 0 Å². The molecule has 5 nitrogen and oxygen atoms in total. The van der Waals surface area contributed by atoms with Crippen molar-refractivity contribution in [2.45, 2.75) is 32.2 Å². The first-order valence-electron chi connectivity index (χ1n) is 9.75. The molecule has 2 aromatic carbocycles. The minimum Gasteiger partial charge on any atom is -0.330 e. The quantitative estimate of drug-likeness (QED) is 0.757. The first-order valence-corrected chi connectivity index (χ1v) is 9.75. The number of likely N-dealkylation sites (tertiary alicyclic amines) is 1. The number of carbonyl (C=O) groups excluding carboxylic acids is 1. The number of hydrogen-bond acceptors (Lipinski definition) is 3. The van der Waals surface area contributed by atoms with Crippen LogP contribution in [-0.2, 0) is 13.6 Å². The maximum absolute atomic E-state index is 12.4. The highest BCUT2D eigenvalue weighted by atomic mass is 16.1. The topological polar surface area (TPSA) is 50.2 Å². The Morgan fingerprint density at radius 3 is 2.52 bits per heavy atom. The number of nitrogens with zero attached hydrogens (tertiary/aromatic N) is 3. The largest absolute Gasteiger partial charge is 0.330 e. The third-order valence-electron chi connectivity index (χ3n) is 5.33. The van der Waals surface area contributed by atoms with E-state index in [1.165, 1.54) is 25.7 Å². The van der Waals surface area contributed by atoms with Crippen LogP contribution in [0.1, 0.15) is 41.9 Å². The summed E-state index contributed by atoms with van der Waals surface area (Å²) in [7, 11) is 2.07. The Labute approximate surface area is 160 Å². The average Bonchev–Trinajstić information content (AvgIpc) is 2.86. The zero-order valence-electron chi connectivity index (χ0n) is 15.8. The molecule has 2 heterocycles. The molecule has 140 valence electrons. The number of imidazole rings is 1. The number of hydrogen-bond donors (Lipinski definition) is 1. The number of fused-ring (bicyclic) bond motifs is 1. The molecule has 1 aliphatic heterocycles. The molecule has 5 heteroatoms. The number of rotatable bonds is 4. The monoisotopic (exact) mass is 362 g/mol. The van der Waals surface area contributed by atoms with Gasteiger partial charge in [0.15, 0.2) is 0 Å². The van der Waals surface area contributed by atoms with Gasteiger partial charge in [-0.3, -0.25) is 9.69 Å². The summed E-state index contributed by atoms with van der Waals surface area (Å²) < 4.78 is 2.17. The lowest BCUT2D eigenvalue weighted by Gasteiger charge is -2.19. The van der Waals surface area contributed by atoms with E-state index in [0.717, 1.165) is 42.2 Å². The Morgan fingerprint density at radius 1 is 1.04 bits per heavy atom. The second kappa shape index (κ2) is 7.92. The lowest BCUT2D eigenvalue weighted by Crippen LogP contribution is -2.25. The van der Waals surface area contributed by atoms with E-state index in [2.05, 4.69) is 21.8 Å². The fourth-order valence-corrected chi connectivity index (χ4v) is 3.76. The van der Waals surface area contributed by atoms with Crippen LogP contribution < -0.4 is 5.32 Å². The molecular formula is C22H26N4O. The fourth-order valence-electron chi connectivity index (χ4n) is 3.76. The maximum atomic E-state index is 12.4. The van der Waals surface area contributed by atoms with E-state index in [1.807, 2.05) is 48.5 Å². The summed E-state index contributed by atoms with van der Waals surface area (Å²) in [5.74, 6) is 0.981. The van der Waals surface area contributed by atoms with Gasteiger partial charge in [0.05, 0.1) is 17.6 Å². The summed E-state index contributed by atoms with van der Waals surface area (Å²) >= 11 is 0. The number of nitrogens with one attached hydrogen (secondary N) is 1. The molecule has 1 aromatic heterocycles. The molecule has 1 fully saturated rings. The number of aromatic nitrogens is 2. The summed E-state index contributed by atoms with van der Waals surface area (Å²) in [4.78, 5) is 19.7. The molecule has 0 bridgehead atoms. The highest BCUT2D eigenvalue weighted by Gasteiger charge is 2.15. The van der Waals surface area contributed by atoms with E-state index in [1.54, 1.807) is 0 Å². The lowest BCUT2D eigenvalue weighted by molar-refractivity contribution is 0.102. The minimum atomic E-state index is -0.101. The van der Waals surface area contributed by atoms with Gasteiger partial charge in [-0.05, 0) is 56.3 Å². The van der Waals surface area contributed by atoms with E-state index in [9.17, 15) is 4.79 Å². The van der Waals surface area contributed by atoms with Gasteiger partial charge in [0.1, 0.15) is 5.82 Å². The first-order chi connectivity index (χ1) is 13.2.